The van der Waals surface area contributed by atoms with Crippen molar-refractivity contribution in [1.82, 2.24) is 9.78 Å². The summed E-state index contributed by atoms with van der Waals surface area (Å²) in [6, 6.07) is 8.89. The highest BCUT2D eigenvalue weighted by Gasteiger charge is 2.66. The Kier molecular flexibility index (Phi) is 4.97. The minimum absolute atomic E-state index is 0.0736. The van der Waals surface area contributed by atoms with Crippen molar-refractivity contribution in [3.05, 3.63) is 47.7 Å². The molecular weight excluding hydrogens is 375 g/mol. The zero-order valence-corrected chi connectivity index (χ0v) is 15.3. The van der Waals surface area contributed by atoms with Gasteiger partial charge in [-0.3, -0.25) is 0 Å². The lowest BCUT2D eigenvalue weighted by atomic mass is 9.79. The van der Waals surface area contributed by atoms with Crippen LogP contribution < -0.4 is 5.73 Å². The standard InChI is InChI=1S/C19H20F3N3O3/c1-11-15(16(23)25(24-11)12-7-4-3-5-8-12)13-9-6-10-14(13)18(27,17(26)28-2)19(20,21)22/h3-5,7-9,14,27H,6,10,23H2,1-2H3/t14?,18-/m0/s1. The van der Waals surface area contributed by atoms with Crippen molar-refractivity contribution in [2.45, 2.75) is 31.5 Å². The number of nitrogens with two attached hydrogens (primary N) is 1. The monoisotopic (exact) mass is 395 g/mol. The minimum atomic E-state index is -5.22. The van der Waals surface area contributed by atoms with Crippen LogP contribution in [-0.2, 0) is 9.53 Å². The molecule has 0 saturated heterocycles. The number of alkyl halides is 3. The number of rotatable bonds is 4. The normalized spacial score (nSPS) is 19.2. The van der Waals surface area contributed by atoms with E-state index in [-0.39, 0.29) is 29.8 Å². The molecular formula is C19H20F3N3O3. The first kappa shape index (κ1) is 19.9. The molecule has 0 aliphatic heterocycles. The fourth-order valence-corrected chi connectivity index (χ4v) is 3.69. The average Bonchev–Trinajstić information content (AvgIpc) is 3.24. The molecule has 3 rings (SSSR count). The van der Waals surface area contributed by atoms with E-state index in [1.54, 1.807) is 37.3 Å². The summed E-state index contributed by atoms with van der Waals surface area (Å²) in [4.78, 5) is 12.0. The first-order chi connectivity index (χ1) is 13.1. The van der Waals surface area contributed by atoms with E-state index in [0.717, 1.165) is 7.11 Å². The fourth-order valence-electron chi connectivity index (χ4n) is 3.69. The molecule has 0 spiro atoms. The van der Waals surface area contributed by atoms with Crippen molar-refractivity contribution in [3.63, 3.8) is 0 Å². The highest BCUT2D eigenvalue weighted by atomic mass is 19.4. The van der Waals surface area contributed by atoms with Crippen LogP contribution in [0.3, 0.4) is 0 Å². The molecule has 2 aromatic rings. The number of para-hydroxylation sites is 1. The van der Waals surface area contributed by atoms with E-state index >= 15 is 0 Å². The number of aliphatic hydroxyl groups is 1. The summed E-state index contributed by atoms with van der Waals surface area (Å²) in [6.07, 6.45) is -3.48. The number of carbonyl (C=O) groups is 1. The van der Waals surface area contributed by atoms with E-state index in [1.165, 1.54) is 4.68 Å². The third-order valence-electron chi connectivity index (χ3n) is 5.01. The van der Waals surface area contributed by atoms with Gasteiger partial charge < -0.3 is 15.6 Å². The van der Waals surface area contributed by atoms with Crippen LogP contribution in [0, 0.1) is 12.8 Å². The van der Waals surface area contributed by atoms with Gasteiger partial charge in [-0.15, -0.1) is 0 Å². The summed E-state index contributed by atoms with van der Waals surface area (Å²) in [6.45, 7) is 1.62. The molecule has 0 saturated carbocycles. The van der Waals surface area contributed by atoms with Crippen LogP contribution in [0.5, 0.6) is 0 Å². The maximum Gasteiger partial charge on any atom is 0.428 e. The Bertz CT molecular complexity index is 922. The second-order valence-electron chi connectivity index (χ2n) is 6.64. The second kappa shape index (κ2) is 6.97. The number of nitrogen functional groups attached to an aromatic ring is 1. The maximum absolute atomic E-state index is 13.7. The minimum Gasteiger partial charge on any atom is -0.467 e. The van der Waals surface area contributed by atoms with Crippen LogP contribution in [-0.4, -0.2) is 39.7 Å². The van der Waals surface area contributed by atoms with Gasteiger partial charge >= 0.3 is 12.1 Å². The van der Waals surface area contributed by atoms with Crippen molar-refractivity contribution < 1.29 is 27.8 Å². The predicted molar refractivity (Wildman–Crippen MR) is 96.4 cm³/mol. The number of ether oxygens (including phenoxy) is 1. The Balaban J connectivity index is 2.12. The van der Waals surface area contributed by atoms with Gasteiger partial charge in [0, 0.05) is 11.5 Å². The number of benzene rings is 1. The van der Waals surface area contributed by atoms with Crippen molar-refractivity contribution in [1.29, 1.82) is 0 Å². The summed E-state index contributed by atoms with van der Waals surface area (Å²) >= 11 is 0. The maximum atomic E-state index is 13.7. The number of anilines is 1. The Morgan fingerprint density at radius 3 is 2.54 bits per heavy atom. The predicted octanol–water partition coefficient (Wildman–Crippen LogP) is 3.02. The highest BCUT2D eigenvalue weighted by molar-refractivity contribution is 5.88. The number of nitrogens with zero attached hydrogens (tertiary/aromatic N) is 2. The van der Waals surface area contributed by atoms with Crippen LogP contribution in [0.25, 0.3) is 11.3 Å². The molecule has 9 heteroatoms. The molecule has 1 unspecified atom stereocenters. The summed E-state index contributed by atoms with van der Waals surface area (Å²) in [5, 5.41) is 14.8. The van der Waals surface area contributed by atoms with E-state index in [4.69, 9.17) is 5.73 Å². The molecule has 6 nitrogen and oxygen atoms in total. The summed E-state index contributed by atoms with van der Waals surface area (Å²) in [5.41, 5.74) is 4.02. The molecule has 1 aromatic heterocycles. The van der Waals surface area contributed by atoms with Crippen molar-refractivity contribution in [2.75, 3.05) is 12.8 Å². The lowest BCUT2D eigenvalue weighted by Crippen LogP contribution is -2.57. The zero-order valence-electron chi connectivity index (χ0n) is 15.3. The number of allylic oxidation sites excluding steroid dienone is 1. The quantitative estimate of drug-likeness (QED) is 0.777. The van der Waals surface area contributed by atoms with Gasteiger partial charge in [0.05, 0.1) is 18.5 Å². The smallest absolute Gasteiger partial charge is 0.428 e. The number of aryl methyl sites for hydroxylation is 1. The summed E-state index contributed by atoms with van der Waals surface area (Å²) in [5.74, 6) is -3.16. The zero-order chi connectivity index (χ0) is 20.7. The first-order valence-electron chi connectivity index (χ1n) is 8.61. The van der Waals surface area contributed by atoms with Crippen LogP contribution in [0.1, 0.15) is 24.1 Å². The third-order valence-corrected chi connectivity index (χ3v) is 5.01. The van der Waals surface area contributed by atoms with Crippen molar-refractivity contribution >= 4 is 17.4 Å². The molecule has 150 valence electrons. The number of hydrogen-bond donors (Lipinski definition) is 2. The molecule has 0 fully saturated rings. The molecule has 1 aliphatic rings. The Morgan fingerprint density at radius 1 is 1.32 bits per heavy atom. The van der Waals surface area contributed by atoms with Crippen molar-refractivity contribution in [2.24, 2.45) is 5.92 Å². The van der Waals surface area contributed by atoms with Crippen LogP contribution in [0.4, 0.5) is 19.0 Å². The van der Waals surface area contributed by atoms with Gasteiger partial charge in [-0.05, 0) is 37.5 Å². The number of esters is 1. The average molecular weight is 395 g/mol. The highest BCUT2D eigenvalue weighted by Crippen LogP contribution is 2.49. The number of halogens is 3. The van der Waals surface area contributed by atoms with Gasteiger partial charge in [-0.2, -0.15) is 18.3 Å². The van der Waals surface area contributed by atoms with Gasteiger partial charge in [-0.25, -0.2) is 9.48 Å². The number of methoxy groups -OCH3 is 1. The van der Waals surface area contributed by atoms with E-state index in [0.29, 0.717) is 11.4 Å². The van der Waals surface area contributed by atoms with Crippen LogP contribution >= 0.6 is 0 Å². The third kappa shape index (κ3) is 2.95. The van der Waals surface area contributed by atoms with E-state index in [1.807, 2.05) is 6.07 Å². The molecule has 1 aromatic carbocycles. The Labute approximate surface area is 159 Å². The van der Waals surface area contributed by atoms with E-state index in [2.05, 4.69) is 9.84 Å². The summed E-state index contributed by atoms with van der Waals surface area (Å²) < 4.78 is 46.9. The van der Waals surface area contributed by atoms with Gasteiger partial charge in [0.15, 0.2) is 0 Å². The molecule has 0 amide bonds. The fraction of sp³-hybridized carbons (Fsp3) is 0.368. The topological polar surface area (TPSA) is 90.4 Å². The number of carbonyl (C=O) groups excluding carboxylic acids is 1. The van der Waals surface area contributed by atoms with Gasteiger partial charge in [0.1, 0.15) is 5.82 Å². The van der Waals surface area contributed by atoms with E-state index < -0.39 is 23.7 Å². The first-order valence-corrected chi connectivity index (χ1v) is 8.61. The Morgan fingerprint density at radius 2 is 1.96 bits per heavy atom. The SMILES string of the molecule is COC(=O)[C@@](O)(C1CCC=C1c1c(C)nn(-c2ccccc2)c1N)C(F)(F)F. The molecule has 0 bridgehead atoms. The summed E-state index contributed by atoms with van der Waals surface area (Å²) in [7, 11) is 0.810. The molecule has 0 radical (unpaired) electrons. The van der Waals surface area contributed by atoms with Gasteiger partial charge in [-0.1, -0.05) is 24.3 Å². The van der Waals surface area contributed by atoms with Gasteiger partial charge in [0.2, 0.25) is 0 Å². The lowest BCUT2D eigenvalue weighted by Gasteiger charge is -2.34. The Hall–Kier alpha value is -2.81. The van der Waals surface area contributed by atoms with Gasteiger partial charge in [0.25, 0.3) is 5.60 Å². The number of hydrogen-bond acceptors (Lipinski definition) is 5. The molecule has 28 heavy (non-hydrogen) atoms. The molecule has 2 atom stereocenters. The number of aromatic nitrogens is 2. The van der Waals surface area contributed by atoms with Crippen LogP contribution in [0.2, 0.25) is 0 Å². The second-order valence-corrected chi connectivity index (χ2v) is 6.64. The molecule has 1 aliphatic carbocycles. The molecule has 1 heterocycles. The molecule has 3 N–H and O–H groups in total. The largest absolute Gasteiger partial charge is 0.467 e. The van der Waals surface area contributed by atoms with E-state index in [9.17, 15) is 23.1 Å². The van der Waals surface area contributed by atoms with Crippen LogP contribution in [0.15, 0.2) is 36.4 Å². The lowest BCUT2D eigenvalue weighted by molar-refractivity contribution is -0.271. The van der Waals surface area contributed by atoms with Crippen molar-refractivity contribution in [3.8, 4) is 5.69 Å².